The Bertz CT molecular complexity index is 701. The number of rotatable bonds is 5. The average molecular weight is 331 g/mol. The van der Waals surface area contributed by atoms with E-state index in [4.69, 9.17) is 11.6 Å². The van der Waals surface area contributed by atoms with Crippen molar-refractivity contribution in [2.24, 2.45) is 0 Å². The van der Waals surface area contributed by atoms with Crippen LogP contribution < -0.4 is 5.32 Å². The second-order valence-corrected chi connectivity index (χ2v) is 5.83. The second-order valence-electron chi connectivity index (χ2n) is 5.42. The molecule has 23 heavy (non-hydrogen) atoms. The number of aryl methyl sites for hydroxylation is 1. The van der Waals surface area contributed by atoms with Crippen molar-refractivity contribution in [2.75, 3.05) is 12.4 Å². The van der Waals surface area contributed by atoms with E-state index in [-0.39, 0.29) is 18.2 Å². The zero-order valence-corrected chi connectivity index (χ0v) is 13.9. The topological polar surface area (TPSA) is 49.4 Å². The zero-order chi connectivity index (χ0) is 16.8. The minimum atomic E-state index is -0.352. The van der Waals surface area contributed by atoms with E-state index in [1.807, 2.05) is 43.3 Å². The van der Waals surface area contributed by atoms with Crippen molar-refractivity contribution in [3.8, 4) is 0 Å². The van der Waals surface area contributed by atoms with Crippen molar-refractivity contribution in [2.45, 2.75) is 19.9 Å². The molecule has 4 nitrogen and oxygen atoms in total. The SMILES string of the molecule is Cc1ccc(NC(=O)CC(=O)N(C)Cc2ccccc2)cc1Cl. The fourth-order valence-corrected chi connectivity index (χ4v) is 2.27. The molecule has 2 aromatic rings. The Morgan fingerprint density at radius 3 is 2.48 bits per heavy atom. The van der Waals surface area contributed by atoms with Crippen molar-refractivity contribution in [3.05, 3.63) is 64.7 Å². The van der Waals surface area contributed by atoms with Crippen LogP contribution in [0.3, 0.4) is 0 Å². The number of carbonyl (C=O) groups is 2. The highest BCUT2D eigenvalue weighted by Crippen LogP contribution is 2.20. The van der Waals surface area contributed by atoms with Crippen LogP contribution in [0.1, 0.15) is 17.5 Å². The molecule has 0 radical (unpaired) electrons. The third kappa shape index (κ3) is 5.11. The minimum absolute atomic E-state index is 0.200. The highest BCUT2D eigenvalue weighted by molar-refractivity contribution is 6.31. The molecule has 0 heterocycles. The number of anilines is 1. The molecule has 0 saturated carbocycles. The standard InChI is InChI=1S/C18H19ClN2O2/c1-13-8-9-15(10-16(13)19)20-17(22)11-18(23)21(2)12-14-6-4-3-5-7-14/h3-10H,11-12H2,1-2H3,(H,20,22). The number of amides is 2. The molecule has 0 fully saturated rings. The summed E-state index contributed by atoms with van der Waals surface area (Å²) >= 11 is 6.02. The molecule has 0 unspecified atom stereocenters. The van der Waals surface area contributed by atoms with Gasteiger partial charge in [-0.2, -0.15) is 0 Å². The molecule has 0 saturated heterocycles. The van der Waals surface area contributed by atoms with Crippen molar-refractivity contribution < 1.29 is 9.59 Å². The number of nitrogens with zero attached hydrogens (tertiary/aromatic N) is 1. The van der Waals surface area contributed by atoms with Gasteiger partial charge in [-0.25, -0.2) is 0 Å². The smallest absolute Gasteiger partial charge is 0.233 e. The lowest BCUT2D eigenvalue weighted by Gasteiger charge is -2.17. The first-order valence-corrected chi connectivity index (χ1v) is 7.67. The Hall–Kier alpha value is -2.33. The molecular formula is C18H19ClN2O2. The summed E-state index contributed by atoms with van der Waals surface area (Å²) in [5, 5.41) is 3.27. The van der Waals surface area contributed by atoms with E-state index in [1.165, 1.54) is 4.90 Å². The molecule has 0 spiro atoms. The van der Waals surface area contributed by atoms with E-state index < -0.39 is 0 Å². The molecule has 2 rings (SSSR count). The molecule has 2 aromatic carbocycles. The number of nitrogens with one attached hydrogen (secondary N) is 1. The zero-order valence-electron chi connectivity index (χ0n) is 13.2. The molecule has 0 aromatic heterocycles. The largest absolute Gasteiger partial charge is 0.341 e. The lowest BCUT2D eigenvalue weighted by atomic mass is 10.2. The van der Waals surface area contributed by atoms with Crippen LogP contribution in [0.25, 0.3) is 0 Å². The Labute approximate surface area is 141 Å². The summed E-state index contributed by atoms with van der Waals surface area (Å²) in [6.45, 7) is 2.36. The molecule has 0 aliphatic rings. The minimum Gasteiger partial charge on any atom is -0.341 e. The van der Waals surface area contributed by atoms with Gasteiger partial charge in [-0.1, -0.05) is 48.0 Å². The van der Waals surface area contributed by atoms with Gasteiger partial charge in [0.25, 0.3) is 0 Å². The normalized spacial score (nSPS) is 10.2. The van der Waals surface area contributed by atoms with Crippen LogP contribution in [-0.4, -0.2) is 23.8 Å². The van der Waals surface area contributed by atoms with Crippen molar-refractivity contribution in [3.63, 3.8) is 0 Å². The van der Waals surface area contributed by atoms with Crippen LogP contribution >= 0.6 is 11.6 Å². The van der Waals surface area contributed by atoms with Gasteiger partial charge in [-0.05, 0) is 30.2 Å². The van der Waals surface area contributed by atoms with Gasteiger partial charge in [0.1, 0.15) is 6.42 Å². The van der Waals surface area contributed by atoms with E-state index in [0.29, 0.717) is 17.3 Å². The Balaban J connectivity index is 1.88. The summed E-state index contributed by atoms with van der Waals surface area (Å²) in [6, 6.07) is 14.9. The first-order chi connectivity index (χ1) is 11.0. The van der Waals surface area contributed by atoms with E-state index in [1.54, 1.807) is 19.2 Å². The first kappa shape index (κ1) is 17.0. The molecule has 0 bridgehead atoms. The van der Waals surface area contributed by atoms with Crippen molar-refractivity contribution >= 4 is 29.1 Å². The van der Waals surface area contributed by atoms with Crippen LogP contribution in [0.4, 0.5) is 5.69 Å². The van der Waals surface area contributed by atoms with Crippen molar-refractivity contribution in [1.82, 2.24) is 4.90 Å². The third-order valence-corrected chi connectivity index (χ3v) is 3.86. The van der Waals surface area contributed by atoms with E-state index in [9.17, 15) is 9.59 Å². The van der Waals surface area contributed by atoms with Gasteiger partial charge < -0.3 is 10.2 Å². The molecular weight excluding hydrogens is 312 g/mol. The maximum Gasteiger partial charge on any atom is 0.233 e. The maximum atomic E-state index is 12.1. The summed E-state index contributed by atoms with van der Waals surface area (Å²) in [5.41, 5.74) is 2.54. The highest BCUT2D eigenvalue weighted by atomic mass is 35.5. The number of carbonyl (C=O) groups excluding carboxylic acids is 2. The van der Waals surface area contributed by atoms with E-state index in [2.05, 4.69) is 5.32 Å². The molecule has 2 amide bonds. The summed E-state index contributed by atoms with van der Waals surface area (Å²) in [7, 11) is 1.69. The van der Waals surface area contributed by atoms with Gasteiger partial charge in [0.05, 0.1) is 0 Å². The second kappa shape index (κ2) is 7.79. The monoisotopic (exact) mass is 330 g/mol. The Morgan fingerprint density at radius 1 is 1.13 bits per heavy atom. The van der Waals surface area contributed by atoms with Crippen LogP contribution in [0.2, 0.25) is 5.02 Å². The summed E-state index contributed by atoms with van der Waals surface area (Å²) in [4.78, 5) is 25.6. The number of hydrogen-bond donors (Lipinski definition) is 1. The van der Waals surface area contributed by atoms with E-state index >= 15 is 0 Å². The molecule has 5 heteroatoms. The van der Waals surface area contributed by atoms with Crippen LogP contribution in [0.15, 0.2) is 48.5 Å². The predicted molar refractivity (Wildman–Crippen MR) is 92.4 cm³/mol. The number of halogens is 1. The van der Waals surface area contributed by atoms with Crippen LogP contribution in [-0.2, 0) is 16.1 Å². The Morgan fingerprint density at radius 2 is 1.83 bits per heavy atom. The lowest BCUT2D eigenvalue weighted by molar-refractivity contribution is -0.133. The lowest BCUT2D eigenvalue weighted by Crippen LogP contribution is -2.30. The predicted octanol–water partition coefficient (Wildman–Crippen LogP) is 3.64. The van der Waals surface area contributed by atoms with E-state index in [0.717, 1.165) is 11.1 Å². The molecule has 0 aliphatic heterocycles. The maximum absolute atomic E-state index is 12.1. The van der Waals surface area contributed by atoms with Crippen LogP contribution in [0.5, 0.6) is 0 Å². The first-order valence-electron chi connectivity index (χ1n) is 7.29. The van der Waals surface area contributed by atoms with Gasteiger partial charge in [0, 0.05) is 24.3 Å². The summed E-state index contributed by atoms with van der Waals surface area (Å²) in [5.74, 6) is -0.584. The van der Waals surface area contributed by atoms with Gasteiger partial charge in [-0.3, -0.25) is 9.59 Å². The third-order valence-electron chi connectivity index (χ3n) is 3.46. The van der Waals surface area contributed by atoms with Gasteiger partial charge >= 0.3 is 0 Å². The highest BCUT2D eigenvalue weighted by Gasteiger charge is 2.14. The van der Waals surface area contributed by atoms with Gasteiger partial charge in [-0.15, -0.1) is 0 Å². The number of benzene rings is 2. The van der Waals surface area contributed by atoms with Gasteiger partial charge in [0.2, 0.25) is 11.8 Å². The molecule has 0 atom stereocenters. The summed E-state index contributed by atoms with van der Waals surface area (Å²) in [6.07, 6.45) is -0.200. The quantitative estimate of drug-likeness (QED) is 0.851. The fraction of sp³-hybridized carbons (Fsp3) is 0.222. The van der Waals surface area contributed by atoms with Crippen LogP contribution in [0, 0.1) is 6.92 Å². The molecule has 120 valence electrons. The molecule has 1 N–H and O–H groups in total. The van der Waals surface area contributed by atoms with Crippen molar-refractivity contribution in [1.29, 1.82) is 0 Å². The Kier molecular flexibility index (Phi) is 5.77. The average Bonchev–Trinajstić information content (AvgIpc) is 2.51. The number of hydrogen-bond acceptors (Lipinski definition) is 2. The molecule has 0 aliphatic carbocycles. The fourth-order valence-electron chi connectivity index (χ4n) is 2.09. The van der Waals surface area contributed by atoms with Gasteiger partial charge in [0.15, 0.2) is 0 Å². The summed E-state index contributed by atoms with van der Waals surface area (Å²) < 4.78 is 0.